The summed E-state index contributed by atoms with van der Waals surface area (Å²) in [5, 5.41) is 10.4. The molecule has 0 radical (unpaired) electrons. The quantitative estimate of drug-likeness (QED) is 0.433. The third kappa shape index (κ3) is 6.24. The van der Waals surface area contributed by atoms with Gasteiger partial charge in [0, 0.05) is 31.2 Å². The topological polar surface area (TPSA) is 92.2 Å². The van der Waals surface area contributed by atoms with Crippen LogP contribution < -0.4 is 14.4 Å². The van der Waals surface area contributed by atoms with Crippen molar-refractivity contribution in [1.82, 2.24) is 9.88 Å². The summed E-state index contributed by atoms with van der Waals surface area (Å²) in [6, 6.07) is 9.21. The highest BCUT2D eigenvalue weighted by atomic mass is 16.7. The van der Waals surface area contributed by atoms with Crippen molar-refractivity contribution in [2.45, 2.75) is 64.8 Å². The molecule has 200 valence electrons. The molecule has 1 amide bonds. The zero-order valence-electron chi connectivity index (χ0n) is 22.1. The van der Waals surface area contributed by atoms with Crippen LogP contribution in [0, 0.1) is 11.8 Å². The SMILES string of the molecule is CCCCN(C(=O)CN1CC(c2ccc3c(c2)OCO3)C(C(=O)O)C1CC(C)CCC)c1cccnc1. The molecule has 1 N–H and O–H groups in total. The minimum absolute atomic E-state index is 0.0231. The van der Waals surface area contributed by atoms with Crippen LogP contribution in [0.3, 0.4) is 0 Å². The van der Waals surface area contributed by atoms with Gasteiger partial charge in [-0.3, -0.25) is 19.5 Å². The van der Waals surface area contributed by atoms with E-state index in [0.717, 1.165) is 43.4 Å². The number of pyridine rings is 1. The Labute approximate surface area is 219 Å². The fourth-order valence-corrected chi connectivity index (χ4v) is 5.78. The zero-order valence-corrected chi connectivity index (χ0v) is 22.1. The Morgan fingerprint density at radius 3 is 2.70 bits per heavy atom. The molecule has 4 unspecified atom stereocenters. The van der Waals surface area contributed by atoms with Gasteiger partial charge < -0.3 is 19.5 Å². The lowest BCUT2D eigenvalue weighted by Crippen LogP contribution is -2.45. The molecule has 2 aliphatic heterocycles. The number of benzene rings is 1. The average Bonchev–Trinajstić information content (AvgIpc) is 3.49. The van der Waals surface area contributed by atoms with Crippen molar-refractivity contribution in [2.24, 2.45) is 11.8 Å². The molecule has 1 aromatic heterocycles. The minimum Gasteiger partial charge on any atom is -0.481 e. The molecule has 1 saturated heterocycles. The van der Waals surface area contributed by atoms with Crippen LogP contribution in [-0.4, -0.2) is 59.3 Å². The number of hydrogen-bond acceptors (Lipinski definition) is 6. The number of aromatic nitrogens is 1. The van der Waals surface area contributed by atoms with Gasteiger partial charge in [-0.1, -0.05) is 46.1 Å². The van der Waals surface area contributed by atoms with E-state index in [1.807, 2.05) is 30.3 Å². The van der Waals surface area contributed by atoms with Gasteiger partial charge in [0.25, 0.3) is 0 Å². The number of anilines is 1. The maximum absolute atomic E-state index is 13.7. The number of carboxylic acids is 1. The lowest BCUT2D eigenvalue weighted by Gasteiger charge is -2.31. The van der Waals surface area contributed by atoms with Gasteiger partial charge in [0.15, 0.2) is 11.5 Å². The minimum atomic E-state index is -0.818. The molecule has 37 heavy (non-hydrogen) atoms. The van der Waals surface area contributed by atoms with E-state index in [9.17, 15) is 14.7 Å². The average molecular weight is 510 g/mol. The van der Waals surface area contributed by atoms with Crippen molar-refractivity contribution in [3.05, 3.63) is 48.3 Å². The smallest absolute Gasteiger partial charge is 0.308 e. The summed E-state index contributed by atoms with van der Waals surface area (Å²) >= 11 is 0. The van der Waals surface area contributed by atoms with Gasteiger partial charge in [0.2, 0.25) is 12.7 Å². The molecule has 0 bridgehead atoms. The second-order valence-corrected chi connectivity index (χ2v) is 10.3. The van der Waals surface area contributed by atoms with Crippen LogP contribution in [0.25, 0.3) is 0 Å². The Hall–Kier alpha value is -3.13. The highest BCUT2D eigenvalue weighted by Gasteiger charge is 2.47. The summed E-state index contributed by atoms with van der Waals surface area (Å²) in [6.45, 7) is 7.89. The number of likely N-dealkylation sites (tertiary alicyclic amines) is 1. The highest BCUT2D eigenvalue weighted by Crippen LogP contribution is 2.43. The number of carbonyl (C=O) groups excluding carboxylic acids is 1. The number of fused-ring (bicyclic) bond motifs is 1. The van der Waals surface area contributed by atoms with Gasteiger partial charge in [-0.2, -0.15) is 0 Å². The molecular formula is C29H39N3O5. The first-order chi connectivity index (χ1) is 17.9. The summed E-state index contributed by atoms with van der Waals surface area (Å²) in [5.74, 6) is -0.0202. The highest BCUT2D eigenvalue weighted by molar-refractivity contribution is 5.94. The third-order valence-corrected chi connectivity index (χ3v) is 7.62. The van der Waals surface area contributed by atoms with Crippen molar-refractivity contribution in [3.63, 3.8) is 0 Å². The van der Waals surface area contributed by atoms with Crippen molar-refractivity contribution in [3.8, 4) is 11.5 Å². The molecule has 0 saturated carbocycles. The summed E-state index contributed by atoms with van der Waals surface area (Å²) in [5.41, 5.74) is 1.69. The van der Waals surface area contributed by atoms with E-state index in [1.54, 1.807) is 17.3 Å². The van der Waals surface area contributed by atoms with Gasteiger partial charge in [-0.25, -0.2) is 0 Å². The number of carbonyl (C=O) groups is 2. The summed E-state index contributed by atoms with van der Waals surface area (Å²) in [4.78, 5) is 34.5. The lowest BCUT2D eigenvalue weighted by molar-refractivity contribution is -0.143. The monoisotopic (exact) mass is 509 g/mol. The summed E-state index contributed by atoms with van der Waals surface area (Å²) < 4.78 is 11.0. The van der Waals surface area contributed by atoms with E-state index in [2.05, 4.69) is 30.7 Å². The van der Waals surface area contributed by atoms with Gasteiger partial charge in [-0.15, -0.1) is 0 Å². The first kappa shape index (κ1) is 26.9. The van der Waals surface area contributed by atoms with Crippen LogP contribution in [0.15, 0.2) is 42.7 Å². The molecule has 1 aromatic carbocycles. The molecular weight excluding hydrogens is 470 g/mol. The molecule has 8 heteroatoms. The van der Waals surface area contributed by atoms with E-state index in [1.165, 1.54) is 0 Å². The predicted octanol–water partition coefficient (Wildman–Crippen LogP) is 4.94. The predicted molar refractivity (Wildman–Crippen MR) is 142 cm³/mol. The van der Waals surface area contributed by atoms with Crippen LogP contribution in [0.4, 0.5) is 5.69 Å². The lowest BCUT2D eigenvalue weighted by atomic mass is 9.81. The van der Waals surface area contributed by atoms with E-state index in [4.69, 9.17) is 9.47 Å². The van der Waals surface area contributed by atoms with Crippen LogP contribution >= 0.6 is 0 Å². The fraction of sp³-hybridized carbons (Fsp3) is 0.552. The second kappa shape index (κ2) is 12.4. The molecule has 1 fully saturated rings. The standard InChI is InChI=1S/C29H39N3O5/c1-4-6-13-32(22-9-7-12-30-16-22)27(33)18-31-17-23(21-10-11-25-26(15-21)37-19-36-25)28(29(34)35)24(31)14-20(3)8-5-2/h7,9-12,15-16,20,23-24,28H,4-6,8,13-14,17-19H2,1-3H3,(H,34,35). The Kier molecular flexibility index (Phi) is 9.03. The third-order valence-electron chi connectivity index (χ3n) is 7.62. The molecule has 0 spiro atoms. The van der Waals surface area contributed by atoms with E-state index in [0.29, 0.717) is 30.5 Å². The van der Waals surface area contributed by atoms with Gasteiger partial charge in [0.05, 0.1) is 24.3 Å². The van der Waals surface area contributed by atoms with Gasteiger partial charge in [0.1, 0.15) is 0 Å². The van der Waals surface area contributed by atoms with Crippen LogP contribution in [0.1, 0.15) is 64.4 Å². The van der Waals surface area contributed by atoms with Crippen LogP contribution in [-0.2, 0) is 9.59 Å². The van der Waals surface area contributed by atoms with Gasteiger partial charge in [-0.05, 0) is 48.6 Å². The Morgan fingerprint density at radius 2 is 2.00 bits per heavy atom. The first-order valence-electron chi connectivity index (χ1n) is 13.5. The van der Waals surface area contributed by atoms with E-state index in [-0.39, 0.29) is 31.2 Å². The van der Waals surface area contributed by atoms with Crippen molar-refractivity contribution >= 4 is 17.6 Å². The number of rotatable bonds is 12. The Morgan fingerprint density at radius 1 is 1.19 bits per heavy atom. The molecule has 3 heterocycles. The number of amides is 1. The van der Waals surface area contributed by atoms with E-state index < -0.39 is 11.9 Å². The first-order valence-corrected chi connectivity index (χ1v) is 13.5. The number of hydrogen-bond donors (Lipinski definition) is 1. The molecule has 4 atom stereocenters. The molecule has 4 rings (SSSR count). The van der Waals surface area contributed by atoms with Crippen molar-refractivity contribution < 1.29 is 24.2 Å². The van der Waals surface area contributed by atoms with Crippen molar-refractivity contribution in [2.75, 3.05) is 31.3 Å². The number of unbranched alkanes of at least 4 members (excludes halogenated alkanes) is 1. The maximum atomic E-state index is 13.7. The summed E-state index contributed by atoms with van der Waals surface area (Å²) in [6.07, 6.45) is 8.08. The fourth-order valence-electron chi connectivity index (χ4n) is 5.78. The zero-order chi connectivity index (χ0) is 26.4. The van der Waals surface area contributed by atoms with Crippen molar-refractivity contribution in [1.29, 1.82) is 0 Å². The molecule has 2 aliphatic rings. The number of ether oxygens (including phenoxy) is 2. The Bertz CT molecular complexity index is 1060. The molecule has 0 aliphatic carbocycles. The normalized spacial score (nSPS) is 21.6. The number of nitrogens with zero attached hydrogens (tertiary/aromatic N) is 3. The maximum Gasteiger partial charge on any atom is 0.308 e. The van der Waals surface area contributed by atoms with Crippen LogP contribution in [0.5, 0.6) is 11.5 Å². The largest absolute Gasteiger partial charge is 0.481 e. The number of aliphatic carboxylic acids is 1. The number of carboxylic acid groups (broad SMARTS) is 1. The molecule has 2 aromatic rings. The Balaban J connectivity index is 1.63. The second-order valence-electron chi connectivity index (χ2n) is 10.3. The van der Waals surface area contributed by atoms with Crippen LogP contribution in [0.2, 0.25) is 0 Å². The van der Waals surface area contributed by atoms with E-state index >= 15 is 0 Å². The summed E-state index contributed by atoms with van der Waals surface area (Å²) in [7, 11) is 0. The van der Waals surface area contributed by atoms with Gasteiger partial charge >= 0.3 is 5.97 Å². The molecule has 8 nitrogen and oxygen atoms in total.